The first-order valence-corrected chi connectivity index (χ1v) is 13.9. The normalized spacial score (nSPS) is 16.2. The number of likely N-dealkylation sites (tertiary alicyclic amines) is 1. The van der Waals surface area contributed by atoms with Crippen LogP contribution in [0, 0.1) is 36.5 Å². The molecule has 1 atom stereocenters. The van der Waals surface area contributed by atoms with Crippen LogP contribution in [0.5, 0.6) is 0 Å². The van der Waals surface area contributed by atoms with Crippen molar-refractivity contribution >= 4 is 18.0 Å². The number of allylic oxidation sites excluding steroid dienone is 1. The molecular formula is C32H47N5O. The van der Waals surface area contributed by atoms with Crippen molar-refractivity contribution in [1.82, 2.24) is 15.1 Å². The van der Waals surface area contributed by atoms with Crippen LogP contribution in [0.3, 0.4) is 0 Å². The van der Waals surface area contributed by atoms with Gasteiger partial charge in [-0.2, -0.15) is 10.4 Å². The molecule has 1 saturated heterocycles. The second-order valence-corrected chi connectivity index (χ2v) is 10.8. The minimum Gasteiger partial charge on any atom is -0.395 e. The number of nitriles is 1. The fourth-order valence-corrected chi connectivity index (χ4v) is 5.20. The number of hydrogen-bond acceptors (Lipinski definition) is 6. The van der Waals surface area contributed by atoms with E-state index in [-0.39, 0.29) is 0 Å². The third-order valence-electron chi connectivity index (χ3n) is 7.69. The predicted molar refractivity (Wildman–Crippen MR) is 159 cm³/mol. The topological polar surface area (TPSA) is 85.1 Å². The zero-order valence-electron chi connectivity index (χ0n) is 24.6. The van der Waals surface area contributed by atoms with Gasteiger partial charge in [0.05, 0.1) is 23.9 Å². The third-order valence-corrected chi connectivity index (χ3v) is 7.69. The summed E-state index contributed by atoms with van der Waals surface area (Å²) in [6.07, 6.45) is 7.99. The van der Waals surface area contributed by atoms with E-state index < -0.39 is 0 Å². The number of aromatic nitrogens is 2. The minimum absolute atomic E-state index is 0.309. The molecule has 0 spiro atoms. The number of anilines is 1. The lowest BCUT2D eigenvalue weighted by Gasteiger charge is -2.51. The van der Waals surface area contributed by atoms with Crippen LogP contribution >= 0.6 is 0 Å². The Labute approximate surface area is 229 Å². The van der Waals surface area contributed by atoms with Crippen LogP contribution in [-0.4, -0.2) is 46.4 Å². The maximum Gasteiger partial charge on any atom is 0.156 e. The van der Waals surface area contributed by atoms with E-state index >= 15 is 0 Å². The Hall–Kier alpha value is -3.01. The molecule has 6 nitrogen and oxygen atoms in total. The van der Waals surface area contributed by atoms with E-state index in [4.69, 9.17) is 10.4 Å². The fraction of sp³-hybridized carbons (Fsp3) is 0.531. The van der Waals surface area contributed by atoms with Gasteiger partial charge in [-0.25, -0.2) is 0 Å². The van der Waals surface area contributed by atoms with Crippen LogP contribution in [0.25, 0.3) is 12.2 Å². The van der Waals surface area contributed by atoms with Crippen molar-refractivity contribution in [3.05, 3.63) is 63.2 Å². The quantitative estimate of drug-likeness (QED) is 0.468. The minimum atomic E-state index is 0.309. The van der Waals surface area contributed by atoms with E-state index in [2.05, 4.69) is 53.8 Å². The lowest BCUT2D eigenvalue weighted by Crippen LogP contribution is -2.57. The summed E-state index contributed by atoms with van der Waals surface area (Å²) in [5, 5.41) is 31.9. The standard InChI is InChI=1S/C20H22N4.C12H25NO/c1-6-18-15(5)23-24-20(19(18)10-13(2)3)22-12-17-9-7-8-16(11-21)14(17)4;1-4-11(3)8-12(5-2)9-13(10-12)6-7-14/h6-10H,2,12H2,1,3-5H3,(H,22,24);11,14H,4-10H2,1-3H3/b18-6-,19-10+;. The Morgan fingerprint density at radius 3 is 2.53 bits per heavy atom. The summed E-state index contributed by atoms with van der Waals surface area (Å²) in [7, 11) is 0. The van der Waals surface area contributed by atoms with E-state index in [0.717, 1.165) is 51.1 Å². The number of β-amino-alcohol motifs (C(OH)–C–C–N with tert-alkyl or cyclic N) is 1. The maximum absolute atomic E-state index is 9.16. The van der Waals surface area contributed by atoms with E-state index in [1.54, 1.807) is 0 Å². The lowest BCUT2D eigenvalue weighted by atomic mass is 9.71. The zero-order chi connectivity index (χ0) is 28.3. The highest BCUT2D eigenvalue weighted by Gasteiger charge is 2.41. The number of nitrogens with zero attached hydrogens (tertiary/aromatic N) is 4. The Morgan fingerprint density at radius 1 is 1.26 bits per heavy atom. The molecule has 1 aromatic heterocycles. The third kappa shape index (κ3) is 8.24. The summed E-state index contributed by atoms with van der Waals surface area (Å²) in [4.78, 5) is 2.37. The molecular weight excluding hydrogens is 470 g/mol. The molecule has 2 aromatic rings. The molecule has 0 radical (unpaired) electrons. The van der Waals surface area contributed by atoms with E-state index in [0.29, 0.717) is 24.1 Å². The Bertz CT molecular complexity index is 1240. The van der Waals surface area contributed by atoms with Gasteiger partial charge in [0.15, 0.2) is 5.82 Å². The first-order chi connectivity index (χ1) is 18.1. The number of benzene rings is 1. The monoisotopic (exact) mass is 517 g/mol. The molecule has 1 aliphatic heterocycles. The van der Waals surface area contributed by atoms with Gasteiger partial charge in [-0.1, -0.05) is 57.6 Å². The fourth-order valence-electron chi connectivity index (χ4n) is 5.20. The molecule has 1 fully saturated rings. The van der Waals surface area contributed by atoms with Crippen LogP contribution in [0.1, 0.15) is 76.3 Å². The van der Waals surface area contributed by atoms with E-state index in [1.807, 2.05) is 58.0 Å². The average Bonchev–Trinajstić information content (AvgIpc) is 2.87. The van der Waals surface area contributed by atoms with Crippen LogP contribution in [-0.2, 0) is 6.54 Å². The van der Waals surface area contributed by atoms with Crippen molar-refractivity contribution in [1.29, 1.82) is 5.26 Å². The molecule has 2 heterocycles. The first kappa shape index (κ1) is 31.2. The van der Waals surface area contributed by atoms with Crippen molar-refractivity contribution < 1.29 is 5.11 Å². The molecule has 1 unspecified atom stereocenters. The average molecular weight is 518 g/mol. The van der Waals surface area contributed by atoms with Gasteiger partial charge in [-0.15, -0.1) is 5.10 Å². The van der Waals surface area contributed by atoms with Gasteiger partial charge in [0.2, 0.25) is 0 Å². The number of rotatable bonds is 10. The molecule has 1 aliphatic rings. The second-order valence-electron chi connectivity index (χ2n) is 10.8. The van der Waals surface area contributed by atoms with Gasteiger partial charge < -0.3 is 10.4 Å². The van der Waals surface area contributed by atoms with Gasteiger partial charge in [0.1, 0.15) is 0 Å². The summed E-state index contributed by atoms with van der Waals surface area (Å²) in [5.74, 6) is 1.57. The van der Waals surface area contributed by atoms with Gasteiger partial charge in [0, 0.05) is 36.6 Å². The van der Waals surface area contributed by atoms with Gasteiger partial charge in [-0.3, -0.25) is 4.90 Å². The van der Waals surface area contributed by atoms with Crippen molar-refractivity contribution in [2.45, 2.75) is 74.3 Å². The smallest absolute Gasteiger partial charge is 0.156 e. The summed E-state index contributed by atoms with van der Waals surface area (Å²) >= 11 is 0. The predicted octanol–water partition coefficient (Wildman–Crippen LogP) is 4.86. The van der Waals surface area contributed by atoms with Crippen molar-refractivity contribution in [3.8, 4) is 6.07 Å². The molecule has 206 valence electrons. The molecule has 0 aliphatic carbocycles. The molecule has 0 bridgehead atoms. The van der Waals surface area contributed by atoms with Crippen LogP contribution in [0.15, 0.2) is 30.4 Å². The van der Waals surface area contributed by atoms with Crippen molar-refractivity contribution in [2.24, 2.45) is 11.3 Å². The van der Waals surface area contributed by atoms with Crippen LogP contribution < -0.4 is 15.8 Å². The molecule has 38 heavy (non-hydrogen) atoms. The lowest BCUT2D eigenvalue weighted by molar-refractivity contribution is -0.0281. The SMILES string of the molecule is C=C(C)/C=c1/c(NCc2cccc(C#N)c2C)nnc(C)/c1=C/C.CCC(C)CC1(CC)CN(CCO)C1. The maximum atomic E-state index is 9.16. The number of aliphatic hydroxyl groups is 1. The highest BCUT2D eigenvalue weighted by molar-refractivity contribution is 5.53. The molecule has 6 heteroatoms. The van der Waals surface area contributed by atoms with E-state index in [1.165, 1.54) is 32.4 Å². The van der Waals surface area contributed by atoms with Crippen molar-refractivity contribution in [3.63, 3.8) is 0 Å². The summed E-state index contributed by atoms with van der Waals surface area (Å²) in [6, 6.07) is 7.96. The Balaban J connectivity index is 0.000000308. The molecule has 0 saturated carbocycles. The van der Waals surface area contributed by atoms with E-state index in [9.17, 15) is 0 Å². The highest BCUT2D eigenvalue weighted by Crippen LogP contribution is 2.40. The van der Waals surface area contributed by atoms with Crippen LogP contribution in [0.2, 0.25) is 0 Å². The van der Waals surface area contributed by atoms with Gasteiger partial charge in [-0.05, 0) is 75.1 Å². The largest absolute Gasteiger partial charge is 0.395 e. The second kappa shape index (κ2) is 14.8. The van der Waals surface area contributed by atoms with Crippen molar-refractivity contribution in [2.75, 3.05) is 31.6 Å². The van der Waals surface area contributed by atoms with Gasteiger partial charge >= 0.3 is 0 Å². The molecule has 1 aromatic carbocycles. The van der Waals surface area contributed by atoms with Gasteiger partial charge in [0.25, 0.3) is 0 Å². The zero-order valence-corrected chi connectivity index (χ0v) is 24.6. The number of aliphatic hydroxyl groups excluding tert-OH is 1. The Morgan fingerprint density at radius 2 is 1.97 bits per heavy atom. The number of hydrogen-bond donors (Lipinski definition) is 2. The number of aryl methyl sites for hydroxylation is 1. The molecule has 2 N–H and O–H groups in total. The van der Waals surface area contributed by atoms with Crippen LogP contribution in [0.4, 0.5) is 5.82 Å². The summed E-state index contributed by atoms with van der Waals surface area (Å²) in [5.41, 5.74) is 5.17. The summed E-state index contributed by atoms with van der Waals surface area (Å²) in [6.45, 7) is 22.9. The summed E-state index contributed by atoms with van der Waals surface area (Å²) < 4.78 is 0. The number of nitrogens with one attached hydrogen (secondary N) is 1. The molecule has 0 amide bonds. The first-order valence-electron chi connectivity index (χ1n) is 13.9. The highest BCUT2D eigenvalue weighted by atomic mass is 16.3. The molecule has 3 rings (SSSR count). The Kier molecular flexibility index (Phi) is 12.2.